The Morgan fingerprint density at radius 2 is 2.14 bits per heavy atom. The fourth-order valence-electron chi connectivity index (χ4n) is 0.954. The molecule has 0 N–H and O–H groups in total. The van der Waals surface area contributed by atoms with Gasteiger partial charge in [0.2, 0.25) is 0 Å². The van der Waals surface area contributed by atoms with Crippen molar-refractivity contribution in [3.05, 3.63) is 42.1 Å². The van der Waals surface area contributed by atoms with Crippen molar-refractivity contribution in [1.29, 1.82) is 0 Å². The van der Waals surface area contributed by atoms with Crippen molar-refractivity contribution in [2.75, 3.05) is 0 Å². The summed E-state index contributed by atoms with van der Waals surface area (Å²) in [6.07, 6.45) is 7.56. The quantitative estimate of drug-likeness (QED) is 0.429. The second kappa shape index (κ2) is 5.60. The molecule has 0 amide bonds. The largest absolute Gasteiger partial charge is 0.231 e. The maximum Gasteiger partial charge on any atom is 0.192 e. The highest BCUT2D eigenvalue weighted by Gasteiger charge is 1.98. The molecule has 1 aromatic heterocycles. The van der Waals surface area contributed by atoms with Gasteiger partial charge in [0.05, 0.1) is 0 Å². The summed E-state index contributed by atoms with van der Waals surface area (Å²) in [6.45, 7) is 7.89. The standard InChI is InChI=1S/C11H14N2S/c1-4-9(2)8-10(3)14-11-12-6-5-7-13-11/h4-9H,1H2,2-3H3/t9-/m0/s1. The highest BCUT2D eigenvalue weighted by molar-refractivity contribution is 8.02. The molecule has 1 heterocycles. The molecule has 0 fully saturated rings. The number of thioether (sulfide) groups is 1. The minimum absolute atomic E-state index is 0.395. The number of rotatable bonds is 4. The van der Waals surface area contributed by atoms with Crippen molar-refractivity contribution in [3.63, 3.8) is 0 Å². The second-order valence-corrected chi connectivity index (χ2v) is 4.22. The molecule has 74 valence electrons. The molecule has 0 aliphatic heterocycles. The first-order chi connectivity index (χ1) is 6.72. The second-order valence-electron chi connectivity index (χ2n) is 3.01. The summed E-state index contributed by atoms with van der Waals surface area (Å²) >= 11 is 1.58. The molecule has 14 heavy (non-hydrogen) atoms. The van der Waals surface area contributed by atoms with E-state index in [2.05, 4.69) is 36.5 Å². The maximum absolute atomic E-state index is 4.14. The summed E-state index contributed by atoms with van der Waals surface area (Å²) in [5.41, 5.74) is 0. The van der Waals surface area contributed by atoms with Crippen molar-refractivity contribution in [2.45, 2.75) is 19.0 Å². The average molecular weight is 206 g/mol. The molecule has 0 unspecified atom stereocenters. The molecule has 0 bridgehead atoms. The Bertz CT molecular complexity index is 319. The van der Waals surface area contributed by atoms with Gasteiger partial charge < -0.3 is 0 Å². The van der Waals surface area contributed by atoms with Gasteiger partial charge in [-0.2, -0.15) is 0 Å². The lowest BCUT2D eigenvalue weighted by Gasteiger charge is -2.01. The van der Waals surface area contributed by atoms with Gasteiger partial charge in [-0.25, -0.2) is 9.97 Å². The van der Waals surface area contributed by atoms with Gasteiger partial charge in [0.1, 0.15) is 0 Å². The van der Waals surface area contributed by atoms with Crippen LogP contribution in [0.4, 0.5) is 0 Å². The topological polar surface area (TPSA) is 25.8 Å². The smallest absolute Gasteiger partial charge is 0.192 e. The third-order valence-electron chi connectivity index (χ3n) is 1.66. The summed E-state index contributed by atoms with van der Waals surface area (Å²) in [4.78, 5) is 9.47. The highest BCUT2D eigenvalue weighted by Crippen LogP contribution is 2.23. The van der Waals surface area contributed by atoms with E-state index in [0.29, 0.717) is 5.92 Å². The van der Waals surface area contributed by atoms with Crippen molar-refractivity contribution < 1.29 is 0 Å². The third kappa shape index (κ3) is 3.75. The Labute approximate surface area is 89.2 Å². The number of allylic oxidation sites excluding steroid dienone is 3. The molecule has 0 saturated heterocycles. The van der Waals surface area contributed by atoms with E-state index in [-0.39, 0.29) is 0 Å². The lowest BCUT2D eigenvalue weighted by atomic mass is 10.2. The van der Waals surface area contributed by atoms with Crippen molar-refractivity contribution >= 4 is 11.8 Å². The van der Waals surface area contributed by atoms with Gasteiger partial charge in [0.15, 0.2) is 5.16 Å². The van der Waals surface area contributed by atoms with E-state index in [1.54, 1.807) is 24.2 Å². The van der Waals surface area contributed by atoms with E-state index < -0.39 is 0 Å². The Balaban J connectivity index is 2.61. The van der Waals surface area contributed by atoms with Crippen LogP contribution in [-0.2, 0) is 0 Å². The van der Waals surface area contributed by atoms with Crippen LogP contribution in [-0.4, -0.2) is 9.97 Å². The van der Waals surface area contributed by atoms with Crippen LogP contribution in [0.15, 0.2) is 47.3 Å². The molecule has 0 aliphatic carbocycles. The Hall–Kier alpha value is -1.09. The SMILES string of the molecule is C=C[C@H](C)C=C(C)Sc1ncccn1. The van der Waals surface area contributed by atoms with Gasteiger partial charge in [-0.1, -0.05) is 30.8 Å². The van der Waals surface area contributed by atoms with Crippen LogP contribution in [0.3, 0.4) is 0 Å². The molecule has 0 aliphatic rings. The lowest BCUT2D eigenvalue weighted by molar-refractivity contribution is 0.936. The van der Waals surface area contributed by atoms with Gasteiger partial charge in [-0.05, 0) is 23.8 Å². The average Bonchev–Trinajstić information content (AvgIpc) is 2.19. The molecule has 2 nitrogen and oxygen atoms in total. The molecule has 0 aromatic carbocycles. The van der Waals surface area contributed by atoms with E-state index in [1.165, 1.54) is 4.91 Å². The summed E-state index contributed by atoms with van der Waals surface area (Å²) in [6, 6.07) is 1.81. The monoisotopic (exact) mass is 206 g/mol. The number of nitrogens with zero attached hydrogens (tertiary/aromatic N) is 2. The predicted octanol–water partition coefficient (Wildman–Crippen LogP) is 3.29. The third-order valence-corrected chi connectivity index (χ3v) is 2.52. The molecule has 1 atom stereocenters. The van der Waals surface area contributed by atoms with E-state index in [9.17, 15) is 0 Å². The van der Waals surface area contributed by atoms with Crippen molar-refractivity contribution in [2.24, 2.45) is 5.92 Å². The summed E-state index contributed by atoms with van der Waals surface area (Å²) in [5, 5.41) is 0.789. The molecule has 3 heteroatoms. The Morgan fingerprint density at radius 1 is 1.50 bits per heavy atom. The summed E-state index contributed by atoms with van der Waals surface area (Å²) < 4.78 is 0. The fourth-order valence-corrected chi connectivity index (χ4v) is 1.75. The number of hydrogen-bond donors (Lipinski definition) is 0. The van der Waals surface area contributed by atoms with E-state index in [1.807, 2.05) is 12.1 Å². The minimum atomic E-state index is 0.395. The van der Waals surface area contributed by atoms with Gasteiger partial charge in [-0.3, -0.25) is 0 Å². The predicted molar refractivity (Wildman–Crippen MR) is 61.0 cm³/mol. The van der Waals surface area contributed by atoms with Crippen LogP contribution < -0.4 is 0 Å². The first-order valence-electron chi connectivity index (χ1n) is 4.48. The normalized spacial score (nSPS) is 13.7. The van der Waals surface area contributed by atoms with Crippen molar-refractivity contribution in [3.8, 4) is 0 Å². The van der Waals surface area contributed by atoms with Crippen LogP contribution in [0, 0.1) is 5.92 Å². The van der Waals surface area contributed by atoms with Gasteiger partial charge in [0.25, 0.3) is 0 Å². The zero-order chi connectivity index (χ0) is 10.4. The maximum atomic E-state index is 4.14. The van der Waals surface area contributed by atoms with Crippen LogP contribution in [0.5, 0.6) is 0 Å². The first kappa shape index (κ1) is 11.0. The molecular formula is C11H14N2S. The zero-order valence-electron chi connectivity index (χ0n) is 8.47. The fraction of sp³-hybridized carbons (Fsp3) is 0.273. The summed E-state index contributed by atoms with van der Waals surface area (Å²) in [5.74, 6) is 0.395. The van der Waals surface area contributed by atoms with Crippen LogP contribution in [0.2, 0.25) is 0 Å². The minimum Gasteiger partial charge on any atom is -0.231 e. The van der Waals surface area contributed by atoms with Crippen LogP contribution in [0.1, 0.15) is 13.8 Å². The summed E-state index contributed by atoms with van der Waals surface area (Å²) in [7, 11) is 0. The van der Waals surface area contributed by atoms with E-state index in [4.69, 9.17) is 0 Å². The van der Waals surface area contributed by atoms with Crippen LogP contribution >= 0.6 is 11.8 Å². The molecule has 0 saturated carbocycles. The van der Waals surface area contributed by atoms with Gasteiger partial charge in [0, 0.05) is 12.4 Å². The molecule has 0 radical (unpaired) electrons. The number of hydrogen-bond acceptors (Lipinski definition) is 3. The van der Waals surface area contributed by atoms with Crippen molar-refractivity contribution in [1.82, 2.24) is 9.97 Å². The van der Waals surface area contributed by atoms with Gasteiger partial charge in [-0.15, -0.1) is 6.58 Å². The zero-order valence-corrected chi connectivity index (χ0v) is 9.29. The highest BCUT2D eigenvalue weighted by atomic mass is 32.2. The number of aromatic nitrogens is 2. The van der Waals surface area contributed by atoms with E-state index >= 15 is 0 Å². The van der Waals surface area contributed by atoms with Crippen LogP contribution in [0.25, 0.3) is 0 Å². The molecular weight excluding hydrogens is 192 g/mol. The Morgan fingerprint density at radius 3 is 2.71 bits per heavy atom. The molecule has 1 rings (SSSR count). The molecule has 1 aromatic rings. The van der Waals surface area contributed by atoms with Gasteiger partial charge >= 0.3 is 0 Å². The van der Waals surface area contributed by atoms with E-state index in [0.717, 1.165) is 5.16 Å². The lowest BCUT2D eigenvalue weighted by Crippen LogP contribution is -1.85. The first-order valence-corrected chi connectivity index (χ1v) is 5.30. The molecule has 0 spiro atoms. The Kier molecular flexibility index (Phi) is 4.40.